The van der Waals surface area contributed by atoms with Gasteiger partial charge in [-0.1, -0.05) is 42.5 Å². The molecule has 1 aliphatic heterocycles. The number of carbonyl (C=O) groups excluding carboxylic acids is 3. The van der Waals surface area contributed by atoms with Gasteiger partial charge in [0, 0.05) is 47.4 Å². The van der Waals surface area contributed by atoms with Gasteiger partial charge in [-0.15, -0.1) is 0 Å². The summed E-state index contributed by atoms with van der Waals surface area (Å²) in [4.78, 5) is 40.2. The summed E-state index contributed by atoms with van der Waals surface area (Å²) in [7, 11) is 5.56. The van der Waals surface area contributed by atoms with E-state index in [2.05, 4.69) is 21.6 Å². The largest absolute Gasteiger partial charge is 0.388 e. The fraction of sp³-hybridized carbons (Fsp3) is 0.233. The first kappa shape index (κ1) is 25.9. The number of ketones is 1. The Morgan fingerprint density at radius 2 is 1.81 bits per heavy atom. The number of allylic oxidation sites excluding steroid dienone is 1. The number of benzene rings is 3. The molecule has 2 N–H and O–H groups in total. The summed E-state index contributed by atoms with van der Waals surface area (Å²) in [6.45, 7) is 1.62. The molecule has 37 heavy (non-hydrogen) atoms. The summed E-state index contributed by atoms with van der Waals surface area (Å²) in [6.07, 6.45) is 2.48. The lowest BCUT2D eigenvalue weighted by molar-refractivity contribution is -0.118. The summed E-state index contributed by atoms with van der Waals surface area (Å²) < 4.78 is 0. The van der Waals surface area contributed by atoms with E-state index in [4.69, 9.17) is 0 Å². The van der Waals surface area contributed by atoms with Crippen LogP contribution in [0.2, 0.25) is 0 Å². The third-order valence-corrected chi connectivity index (χ3v) is 6.39. The highest BCUT2D eigenvalue weighted by Crippen LogP contribution is 2.34. The lowest BCUT2D eigenvalue weighted by Gasteiger charge is -2.21. The van der Waals surface area contributed by atoms with E-state index in [1.165, 1.54) is 0 Å². The summed E-state index contributed by atoms with van der Waals surface area (Å²) in [5.41, 5.74) is 7.01. The molecule has 4 rings (SSSR count). The first-order valence-corrected chi connectivity index (χ1v) is 12.3. The van der Waals surface area contributed by atoms with Crippen molar-refractivity contribution in [1.29, 1.82) is 0 Å². The van der Waals surface area contributed by atoms with Gasteiger partial charge in [-0.25, -0.2) is 0 Å². The first-order chi connectivity index (χ1) is 17.9. The summed E-state index contributed by atoms with van der Waals surface area (Å²) in [5.74, 6) is 0.186. The molecule has 0 saturated heterocycles. The van der Waals surface area contributed by atoms with Crippen LogP contribution < -0.4 is 15.5 Å². The highest BCUT2D eigenvalue weighted by Gasteiger charge is 2.22. The van der Waals surface area contributed by atoms with Gasteiger partial charge in [0.25, 0.3) is 0 Å². The molecule has 0 aromatic heterocycles. The van der Waals surface area contributed by atoms with E-state index >= 15 is 0 Å². The molecule has 7 heteroatoms. The molecule has 0 unspecified atom stereocenters. The van der Waals surface area contributed by atoms with Gasteiger partial charge in [0.05, 0.1) is 18.8 Å². The van der Waals surface area contributed by atoms with Gasteiger partial charge in [-0.3, -0.25) is 14.4 Å². The van der Waals surface area contributed by atoms with Crippen LogP contribution >= 0.6 is 0 Å². The molecule has 0 fully saturated rings. The molecule has 3 aromatic carbocycles. The lowest BCUT2D eigenvalue weighted by Crippen LogP contribution is -2.33. The van der Waals surface area contributed by atoms with Crippen molar-refractivity contribution in [2.45, 2.75) is 6.42 Å². The molecule has 0 aliphatic carbocycles. The van der Waals surface area contributed by atoms with Crippen molar-refractivity contribution < 1.29 is 14.4 Å². The number of nitrogens with one attached hydrogen (secondary N) is 2. The molecule has 0 atom stereocenters. The van der Waals surface area contributed by atoms with Gasteiger partial charge in [0.1, 0.15) is 6.29 Å². The number of likely N-dealkylation sites (N-methyl/N-ethyl adjacent to an activating group) is 1. The van der Waals surface area contributed by atoms with Crippen LogP contribution in [-0.2, 0) is 16.0 Å². The van der Waals surface area contributed by atoms with Crippen LogP contribution in [0.1, 0.15) is 27.0 Å². The van der Waals surface area contributed by atoms with Crippen molar-refractivity contribution in [3.8, 4) is 0 Å². The van der Waals surface area contributed by atoms with E-state index in [1.54, 1.807) is 25.2 Å². The van der Waals surface area contributed by atoms with Crippen molar-refractivity contribution in [2.24, 2.45) is 0 Å². The molecule has 190 valence electrons. The summed E-state index contributed by atoms with van der Waals surface area (Å²) in [5, 5.41) is 6.60. The van der Waals surface area contributed by atoms with Crippen LogP contribution in [0, 0.1) is 0 Å². The zero-order chi connectivity index (χ0) is 26.4. The third-order valence-electron chi connectivity index (χ3n) is 6.39. The average molecular weight is 497 g/mol. The van der Waals surface area contributed by atoms with Gasteiger partial charge in [0.2, 0.25) is 0 Å². The Balaban J connectivity index is 1.71. The molecular weight excluding hydrogens is 464 g/mol. The fourth-order valence-corrected chi connectivity index (χ4v) is 4.71. The zero-order valence-corrected chi connectivity index (χ0v) is 21.5. The molecule has 3 aromatic rings. The number of hydrogen-bond donors (Lipinski definition) is 2. The maximum Gasteiger partial charge on any atom is 0.165 e. The van der Waals surface area contributed by atoms with Crippen molar-refractivity contribution >= 4 is 46.7 Å². The minimum atomic E-state index is 0.186. The number of carbonyl (C=O) groups is 3. The van der Waals surface area contributed by atoms with Crippen LogP contribution in [0.15, 0.2) is 66.7 Å². The monoisotopic (exact) mass is 496 g/mol. The minimum absolute atomic E-state index is 0.186. The predicted octanol–water partition coefficient (Wildman–Crippen LogP) is 4.21. The molecule has 7 nitrogen and oxygen atoms in total. The van der Waals surface area contributed by atoms with E-state index in [0.717, 1.165) is 48.0 Å². The van der Waals surface area contributed by atoms with Gasteiger partial charge >= 0.3 is 0 Å². The maximum atomic E-state index is 12.5. The third kappa shape index (κ3) is 5.95. The second-order valence-electron chi connectivity index (χ2n) is 9.36. The van der Waals surface area contributed by atoms with Crippen LogP contribution in [0.4, 0.5) is 17.1 Å². The molecule has 1 heterocycles. The van der Waals surface area contributed by atoms with Gasteiger partial charge < -0.3 is 20.4 Å². The Bertz CT molecular complexity index is 1330. The molecule has 0 amide bonds. The Labute approximate surface area is 217 Å². The van der Waals surface area contributed by atoms with Crippen molar-refractivity contribution in [3.05, 3.63) is 89.0 Å². The fourth-order valence-electron chi connectivity index (χ4n) is 4.71. The molecule has 0 radical (unpaired) electrons. The van der Waals surface area contributed by atoms with E-state index in [-0.39, 0.29) is 5.78 Å². The summed E-state index contributed by atoms with van der Waals surface area (Å²) >= 11 is 0. The standard InChI is InChI=1S/C30H32N4O3/c1-31-28-15-21(19-35)9-11-26(28)27(20-36)30(22-7-5-4-6-8-22)32-24-10-12-29-23(16-24)13-14-34(29)18-25(37)17-33(2)3/h4-12,15-16,19-20,31-32H,13-14,17-18H2,1-3H3/b30-27+. The van der Waals surface area contributed by atoms with E-state index in [0.29, 0.717) is 41.2 Å². The van der Waals surface area contributed by atoms with E-state index < -0.39 is 0 Å². The normalized spacial score (nSPS) is 13.1. The number of fused-ring (bicyclic) bond motifs is 1. The SMILES string of the molecule is CNc1cc(C=O)ccc1/C(C=O)=C(/Nc1ccc2c(c1)CCN2CC(=O)CN(C)C)c1ccccc1. The molecule has 0 bridgehead atoms. The highest BCUT2D eigenvalue weighted by atomic mass is 16.1. The van der Waals surface area contributed by atoms with Gasteiger partial charge in [0.15, 0.2) is 12.1 Å². The topological polar surface area (TPSA) is 81.8 Å². The maximum absolute atomic E-state index is 12.5. The second kappa shape index (κ2) is 11.7. The first-order valence-electron chi connectivity index (χ1n) is 12.3. The second-order valence-corrected chi connectivity index (χ2v) is 9.36. The Morgan fingerprint density at radius 3 is 2.49 bits per heavy atom. The van der Waals surface area contributed by atoms with Gasteiger partial charge in [-0.2, -0.15) is 0 Å². The molecule has 0 saturated carbocycles. The van der Waals surface area contributed by atoms with Crippen molar-refractivity contribution in [2.75, 3.05) is 56.3 Å². The van der Waals surface area contributed by atoms with Crippen LogP contribution in [-0.4, -0.2) is 64.0 Å². The Hall–Kier alpha value is -4.23. The molecule has 1 aliphatic rings. The number of Topliss-reactive ketones (excluding diaryl/α,β-unsaturated/α-hetero) is 1. The number of rotatable bonds is 11. The summed E-state index contributed by atoms with van der Waals surface area (Å²) in [6, 6.07) is 21.0. The average Bonchev–Trinajstić information content (AvgIpc) is 3.30. The van der Waals surface area contributed by atoms with E-state index in [1.807, 2.05) is 61.5 Å². The van der Waals surface area contributed by atoms with Crippen LogP contribution in [0.3, 0.4) is 0 Å². The minimum Gasteiger partial charge on any atom is -0.388 e. The molecule has 0 spiro atoms. The van der Waals surface area contributed by atoms with Crippen molar-refractivity contribution in [1.82, 2.24) is 4.90 Å². The Kier molecular flexibility index (Phi) is 8.15. The Morgan fingerprint density at radius 1 is 1.03 bits per heavy atom. The quantitative estimate of drug-likeness (QED) is 0.234. The predicted molar refractivity (Wildman–Crippen MR) is 150 cm³/mol. The zero-order valence-electron chi connectivity index (χ0n) is 21.5. The highest BCUT2D eigenvalue weighted by molar-refractivity contribution is 6.20. The van der Waals surface area contributed by atoms with Crippen molar-refractivity contribution in [3.63, 3.8) is 0 Å². The number of nitrogens with zero attached hydrogens (tertiary/aromatic N) is 2. The lowest BCUT2D eigenvalue weighted by atomic mass is 9.97. The number of aldehydes is 2. The van der Waals surface area contributed by atoms with Gasteiger partial charge in [-0.05, 0) is 55.9 Å². The smallest absolute Gasteiger partial charge is 0.165 e. The number of anilines is 3. The molecular formula is C30H32N4O3. The number of hydrogen-bond acceptors (Lipinski definition) is 7. The van der Waals surface area contributed by atoms with Crippen LogP contribution in [0.5, 0.6) is 0 Å². The van der Waals surface area contributed by atoms with Crippen LogP contribution in [0.25, 0.3) is 11.3 Å². The van der Waals surface area contributed by atoms with E-state index in [9.17, 15) is 14.4 Å².